The van der Waals surface area contributed by atoms with E-state index in [1.807, 2.05) is 13.0 Å². The number of esters is 1. The highest BCUT2D eigenvalue weighted by Crippen LogP contribution is 2.57. The molecule has 0 radical (unpaired) electrons. The van der Waals surface area contributed by atoms with Crippen molar-refractivity contribution in [3.63, 3.8) is 0 Å². The van der Waals surface area contributed by atoms with Gasteiger partial charge in [0.05, 0.1) is 7.11 Å². The zero-order chi connectivity index (χ0) is 17.1. The van der Waals surface area contributed by atoms with E-state index in [9.17, 15) is 9.59 Å². The Kier molecular flexibility index (Phi) is 3.20. The second kappa shape index (κ2) is 5.06. The second-order valence-corrected chi connectivity index (χ2v) is 6.11. The van der Waals surface area contributed by atoms with E-state index in [0.29, 0.717) is 11.3 Å². The van der Waals surface area contributed by atoms with Crippen LogP contribution in [0.4, 0.5) is 0 Å². The van der Waals surface area contributed by atoms with Crippen molar-refractivity contribution in [1.29, 1.82) is 0 Å². The van der Waals surface area contributed by atoms with E-state index in [4.69, 9.17) is 23.4 Å². The third-order valence-corrected chi connectivity index (χ3v) is 4.45. The van der Waals surface area contributed by atoms with Crippen LogP contribution in [0.15, 0.2) is 33.5 Å². The van der Waals surface area contributed by atoms with Crippen LogP contribution in [0, 0.1) is 0 Å². The van der Waals surface area contributed by atoms with Gasteiger partial charge in [0.2, 0.25) is 6.29 Å². The SMILES string of the molecule is COc1cc2oc(=O)ccc2cc1C1OC(OC(C)=O)[C@]2(C)OC12. The van der Waals surface area contributed by atoms with Crippen LogP contribution in [0.5, 0.6) is 5.75 Å². The van der Waals surface area contributed by atoms with Gasteiger partial charge in [-0.15, -0.1) is 0 Å². The minimum Gasteiger partial charge on any atom is -0.496 e. The fraction of sp³-hybridized carbons (Fsp3) is 0.412. The van der Waals surface area contributed by atoms with E-state index in [2.05, 4.69) is 0 Å². The molecule has 126 valence electrons. The molecule has 0 saturated carbocycles. The first kappa shape index (κ1) is 15.2. The maximum absolute atomic E-state index is 11.4. The Morgan fingerprint density at radius 1 is 1.29 bits per heavy atom. The van der Waals surface area contributed by atoms with E-state index in [1.165, 1.54) is 20.1 Å². The molecular weight excluding hydrogens is 316 g/mol. The number of fused-ring (bicyclic) bond motifs is 2. The van der Waals surface area contributed by atoms with Crippen LogP contribution >= 0.6 is 0 Å². The molecule has 1 aromatic heterocycles. The number of carbonyl (C=O) groups excluding carboxylic acids is 1. The Morgan fingerprint density at radius 3 is 2.79 bits per heavy atom. The number of methoxy groups -OCH3 is 1. The predicted octanol–water partition coefficient (Wildman–Crippen LogP) is 1.92. The molecule has 0 spiro atoms. The zero-order valence-corrected chi connectivity index (χ0v) is 13.4. The van der Waals surface area contributed by atoms with E-state index in [0.717, 1.165) is 10.9 Å². The topological polar surface area (TPSA) is 87.5 Å². The average Bonchev–Trinajstić information content (AvgIpc) is 3.15. The Hall–Kier alpha value is -2.38. The summed E-state index contributed by atoms with van der Waals surface area (Å²) >= 11 is 0. The van der Waals surface area contributed by atoms with Gasteiger partial charge in [-0.25, -0.2) is 4.79 Å². The van der Waals surface area contributed by atoms with E-state index < -0.39 is 29.6 Å². The Balaban J connectivity index is 1.75. The van der Waals surface area contributed by atoms with Gasteiger partial charge >= 0.3 is 11.6 Å². The van der Waals surface area contributed by atoms with Gasteiger partial charge in [-0.05, 0) is 19.1 Å². The summed E-state index contributed by atoms with van der Waals surface area (Å²) in [4.78, 5) is 22.6. The van der Waals surface area contributed by atoms with Gasteiger partial charge in [0.25, 0.3) is 0 Å². The molecule has 3 heterocycles. The standard InChI is InChI=1S/C17H16O7/c1-8(18)21-16-17(2)15(24-17)14(23-16)10-6-9-4-5-13(19)22-11(9)7-12(10)20-3/h4-7,14-16H,1-3H3/t14?,15?,16?,17-/m1/s1. The third kappa shape index (κ3) is 2.20. The van der Waals surface area contributed by atoms with E-state index in [1.54, 1.807) is 12.1 Å². The van der Waals surface area contributed by atoms with Crippen molar-refractivity contribution in [3.8, 4) is 5.75 Å². The lowest BCUT2D eigenvalue weighted by atomic mass is 9.99. The second-order valence-electron chi connectivity index (χ2n) is 6.11. The minimum atomic E-state index is -0.765. The van der Waals surface area contributed by atoms with Crippen molar-refractivity contribution in [2.75, 3.05) is 7.11 Å². The summed E-state index contributed by atoms with van der Waals surface area (Å²) in [5, 5.41) is 0.743. The molecule has 1 aromatic carbocycles. The Bertz CT molecular complexity index is 886. The van der Waals surface area contributed by atoms with Gasteiger partial charge in [0.1, 0.15) is 23.5 Å². The molecule has 2 aliphatic rings. The highest BCUT2D eigenvalue weighted by molar-refractivity contribution is 5.79. The van der Waals surface area contributed by atoms with Crippen LogP contribution in [0.1, 0.15) is 25.5 Å². The fourth-order valence-corrected chi connectivity index (χ4v) is 3.18. The van der Waals surface area contributed by atoms with Gasteiger partial charge in [-0.1, -0.05) is 0 Å². The number of hydrogen-bond acceptors (Lipinski definition) is 7. The van der Waals surface area contributed by atoms with Crippen molar-refractivity contribution in [3.05, 3.63) is 40.2 Å². The molecule has 7 heteroatoms. The smallest absolute Gasteiger partial charge is 0.336 e. The first-order chi connectivity index (χ1) is 11.4. The molecule has 3 unspecified atom stereocenters. The van der Waals surface area contributed by atoms with Gasteiger partial charge in [0, 0.05) is 30.0 Å². The first-order valence-corrected chi connectivity index (χ1v) is 7.54. The minimum absolute atomic E-state index is 0.232. The Labute approximate surface area is 137 Å². The maximum Gasteiger partial charge on any atom is 0.336 e. The maximum atomic E-state index is 11.4. The largest absolute Gasteiger partial charge is 0.496 e. The Morgan fingerprint density at radius 2 is 2.08 bits per heavy atom. The zero-order valence-electron chi connectivity index (χ0n) is 13.4. The number of epoxide rings is 1. The first-order valence-electron chi connectivity index (χ1n) is 7.54. The molecule has 4 atom stereocenters. The van der Waals surface area contributed by atoms with Gasteiger partial charge in [-0.2, -0.15) is 0 Å². The van der Waals surface area contributed by atoms with Crippen molar-refractivity contribution in [1.82, 2.24) is 0 Å². The molecule has 0 amide bonds. The average molecular weight is 332 g/mol. The lowest BCUT2D eigenvalue weighted by Crippen LogP contribution is -2.30. The van der Waals surface area contributed by atoms with Crippen molar-refractivity contribution < 1.29 is 28.2 Å². The number of carbonyl (C=O) groups is 1. The van der Waals surface area contributed by atoms with E-state index >= 15 is 0 Å². The molecule has 7 nitrogen and oxygen atoms in total. The normalized spacial score (nSPS) is 30.9. The van der Waals surface area contributed by atoms with Crippen LogP contribution in [0.25, 0.3) is 11.0 Å². The van der Waals surface area contributed by atoms with Crippen molar-refractivity contribution in [2.45, 2.75) is 37.9 Å². The third-order valence-electron chi connectivity index (χ3n) is 4.45. The number of hydrogen-bond donors (Lipinski definition) is 0. The van der Waals surface area contributed by atoms with Crippen molar-refractivity contribution >= 4 is 16.9 Å². The van der Waals surface area contributed by atoms with E-state index in [-0.39, 0.29) is 6.10 Å². The van der Waals surface area contributed by atoms with Crippen LogP contribution < -0.4 is 10.4 Å². The summed E-state index contributed by atoms with van der Waals surface area (Å²) in [6.07, 6.45) is -1.44. The summed E-state index contributed by atoms with van der Waals surface area (Å²) in [5.41, 5.74) is 0.0984. The number of ether oxygens (including phenoxy) is 4. The monoisotopic (exact) mass is 332 g/mol. The fourth-order valence-electron chi connectivity index (χ4n) is 3.18. The molecule has 2 fully saturated rings. The molecule has 24 heavy (non-hydrogen) atoms. The molecule has 2 saturated heterocycles. The van der Waals surface area contributed by atoms with Crippen LogP contribution in [0.3, 0.4) is 0 Å². The number of benzene rings is 1. The molecule has 2 aliphatic heterocycles. The van der Waals surface area contributed by atoms with Gasteiger partial charge in [-0.3, -0.25) is 4.79 Å². The number of rotatable bonds is 3. The molecule has 0 bridgehead atoms. The predicted molar refractivity (Wildman–Crippen MR) is 81.7 cm³/mol. The summed E-state index contributed by atoms with van der Waals surface area (Å²) in [7, 11) is 1.52. The quantitative estimate of drug-likeness (QED) is 0.482. The van der Waals surface area contributed by atoms with Crippen LogP contribution in [-0.2, 0) is 19.0 Å². The summed E-state index contributed by atoms with van der Waals surface area (Å²) in [5.74, 6) is 0.0894. The van der Waals surface area contributed by atoms with Gasteiger partial charge in [0.15, 0.2) is 5.60 Å². The summed E-state index contributed by atoms with van der Waals surface area (Å²) < 4.78 is 27.4. The molecule has 4 rings (SSSR count). The molecule has 2 aromatic rings. The summed E-state index contributed by atoms with van der Waals surface area (Å²) in [6.45, 7) is 3.17. The van der Waals surface area contributed by atoms with Crippen LogP contribution in [-0.4, -0.2) is 31.1 Å². The molecular formula is C17H16O7. The lowest BCUT2D eigenvalue weighted by molar-refractivity contribution is -0.199. The molecule has 0 aliphatic carbocycles. The van der Waals surface area contributed by atoms with Crippen molar-refractivity contribution in [2.24, 2.45) is 0 Å². The highest BCUT2D eigenvalue weighted by Gasteiger charge is 2.70. The highest BCUT2D eigenvalue weighted by atomic mass is 16.8. The summed E-state index contributed by atoms with van der Waals surface area (Å²) in [6, 6.07) is 6.51. The van der Waals surface area contributed by atoms with Crippen LogP contribution in [0.2, 0.25) is 0 Å². The van der Waals surface area contributed by atoms with Gasteiger partial charge < -0.3 is 23.4 Å². The molecule has 0 N–H and O–H groups in total. The lowest BCUT2D eigenvalue weighted by Gasteiger charge is -2.21.